The standard InChI is InChI=1S/C57H34N4OS/c1-4-13-35(14-5-1)38-23-27-43-44-28-25-40(33-51(44)62-50(43)32-38)56-58-55(36-15-6-2-7-16-36)59-57(60-56)46-20-12-22-52-54(46)45-29-24-39(34-53(45)63-52)37-26-30-49-47(31-37)42-19-10-11-21-48(42)61(49)41-17-8-3-9-18-41/h1-34H. The van der Waals surface area contributed by atoms with Gasteiger partial charge in [0.2, 0.25) is 0 Å². The van der Waals surface area contributed by atoms with Gasteiger partial charge in [-0.3, -0.25) is 0 Å². The highest BCUT2D eigenvalue weighted by atomic mass is 32.1. The summed E-state index contributed by atoms with van der Waals surface area (Å²) >= 11 is 1.80. The van der Waals surface area contributed by atoms with Crippen LogP contribution in [0.2, 0.25) is 0 Å². The zero-order chi connectivity index (χ0) is 41.4. The molecule has 63 heavy (non-hydrogen) atoms. The van der Waals surface area contributed by atoms with Crippen LogP contribution in [-0.4, -0.2) is 19.5 Å². The Morgan fingerprint density at radius 2 is 0.921 bits per heavy atom. The van der Waals surface area contributed by atoms with Crippen molar-refractivity contribution >= 4 is 75.3 Å². The summed E-state index contributed by atoms with van der Waals surface area (Å²) in [4.78, 5) is 15.5. The Morgan fingerprint density at radius 3 is 1.70 bits per heavy atom. The fourth-order valence-corrected chi connectivity index (χ4v) is 10.4. The van der Waals surface area contributed by atoms with Crippen LogP contribution < -0.4 is 0 Å². The summed E-state index contributed by atoms with van der Waals surface area (Å²) < 4.78 is 11.3. The fourth-order valence-electron chi connectivity index (χ4n) is 9.27. The molecule has 4 heterocycles. The number of hydrogen-bond acceptors (Lipinski definition) is 5. The normalized spacial score (nSPS) is 11.8. The Morgan fingerprint density at radius 1 is 0.349 bits per heavy atom. The van der Waals surface area contributed by atoms with Crippen LogP contribution in [0.25, 0.3) is 126 Å². The summed E-state index contributed by atoms with van der Waals surface area (Å²) in [6.07, 6.45) is 0. The number of nitrogens with zero attached hydrogens (tertiary/aromatic N) is 4. The maximum atomic E-state index is 6.53. The number of para-hydroxylation sites is 2. The SMILES string of the molecule is c1ccc(-c2ccc3c(c2)oc2cc(-c4nc(-c5ccccc5)nc(-c5cccc6sc7cc(-c8ccc9c(c8)c8ccccc8n9-c8ccccc8)ccc7c56)n4)ccc23)cc1. The molecule has 9 aromatic carbocycles. The minimum absolute atomic E-state index is 0.592. The van der Waals surface area contributed by atoms with Crippen LogP contribution >= 0.6 is 11.3 Å². The smallest absolute Gasteiger partial charge is 0.164 e. The fraction of sp³-hybridized carbons (Fsp3) is 0. The van der Waals surface area contributed by atoms with Crippen molar-refractivity contribution < 1.29 is 4.42 Å². The molecule has 13 rings (SSSR count). The summed E-state index contributed by atoms with van der Waals surface area (Å²) in [6, 6.07) is 72.7. The van der Waals surface area contributed by atoms with Gasteiger partial charge in [0, 0.05) is 64.1 Å². The zero-order valence-corrected chi connectivity index (χ0v) is 34.6. The Balaban J connectivity index is 0.928. The molecule has 5 nitrogen and oxygen atoms in total. The topological polar surface area (TPSA) is 56.7 Å². The summed E-state index contributed by atoms with van der Waals surface area (Å²) in [7, 11) is 0. The Labute approximate surface area is 365 Å². The summed E-state index contributed by atoms with van der Waals surface area (Å²) in [5.74, 6) is 1.84. The van der Waals surface area contributed by atoms with E-state index in [1.54, 1.807) is 11.3 Å². The zero-order valence-electron chi connectivity index (χ0n) is 33.7. The number of benzene rings is 9. The Hall–Kier alpha value is -8.19. The average molecular weight is 823 g/mol. The number of furan rings is 1. The van der Waals surface area contributed by atoms with Gasteiger partial charge in [-0.05, 0) is 89.0 Å². The van der Waals surface area contributed by atoms with Gasteiger partial charge in [0.1, 0.15) is 11.2 Å². The lowest BCUT2D eigenvalue weighted by Gasteiger charge is -2.10. The number of aromatic nitrogens is 4. The summed E-state index contributed by atoms with van der Waals surface area (Å²) in [6.45, 7) is 0. The van der Waals surface area contributed by atoms with Gasteiger partial charge in [0.05, 0.1) is 11.0 Å². The van der Waals surface area contributed by atoms with Gasteiger partial charge in [0.15, 0.2) is 17.5 Å². The molecule has 0 aliphatic carbocycles. The molecule has 0 aliphatic heterocycles. The first-order valence-corrected chi connectivity index (χ1v) is 21.9. The Kier molecular flexibility index (Phi) is 8.01. The van der Waals surface area contributed by atoms with Gasteiger partial charge in [-0.1, -0.05) is 140 Å². The predicted molar refractivity (Wildman–Crippen MR) is 262 cm³/mol. The van der Waals surface area contributed by atoms with Crippen LogP contribution in [0.4, 0.5) is 0 Å². The van der Waals surface area contributed by atoms with E-state index in [1.807, 2.05) is 24.3 Å². The molecule has 0 fully saturated rings. The highest BCUT2D eigenvalue weighted by Crippen LogP contribution is 2.43. The van der Waals surface area contributed by atoms with Crippen molar-refractivity contribution in [3.63, 3.8) is 0 Å². The van der Waals surface area contributed by atoms with E-state index in [1.165, 1.54) is 47.7 Å². The molecule has 294 valence electrons. The largest absolute Gasteiger partial charge is 0.456 e. The van der Waals surface area contributed by atoms with Crippen molar-refractivity contribution in [3.8, 4) is 62.1 Å². The third kappa shape index (κ3) is 5.87. The van der Waals surface area contributed by atoms with Crippen LogP contribution in [0.5, 0.6) is 0 Å². The molecule has 0 bridgehead atoms. The predicted octanol–water partition coefficient (Wildman–Crippen LogP) is 15.6. The quantitative estimate of drug-likeness (QED) is 0.168. The van der Waals surface area contributed by atoms with Gasteiger partial charge >= 0.3 is 0 Å². The van der Waals surface area contributed by atoms with Gasteiger partial charge in [-0.2, -0.15) is 0 Å². The lowest BCUT2D eigenvalue weighted by atomic mass is 10.00. The second-order valence-electron chi connectivity index (χ2n) is 16.0. The highest BCUT2D eigenvalue weighted by Gasteiger charge is 2.19. The van der Waals surface area contributed by atoms with E-state index in [-0.39, 0.29) is 0 Å². The first-order valence-electron chi connectivity index (χ1n) is 21.1. The molecule has 0 unspecified atom stereocenters. The lowest BCUT2D eigenvalue weighted by Crippen LogP contribution is -2.00. The molecule has 0 spiro atoms. The van der Waals surface area contributed by atoms with Crippen LogP contribution in [0, 0.1) is 0 Å². The third-order valence-electron chi connectivity index (χ3n) is 12.3. The molecular weight excluding hydrogens is 789 g/mol. The average Bonchev–Trinajstić information content (AvgIpc) is 4.03. The highest BCUT2D eigenvalue weighted by molar-refractivity contribution is 7.26. The van der Waals surface area contributed by atoms with Crippen LogP contribution in [-0.2, 0) is 0 Å². The molecule has 6 heteroatoms. The van der Waals surface area contributed by atoms with Crippen LogP contribution in [0.15, 0.2) is 211 Å². The van der Waals surface area contributed by atoms with Crippen molar-refractivity contribution in [2.45, 2.75) is 0 Å². The van der Waals surface area contributed by atoms with Crippen molar-refractivity contribution in [2.24, 2.45) is 0 Å². The van der Waals surface area contributed by atoms with Crippen molar-refractivity contribution in [1.82, 2.24) is 19.5 Å². The van der Waals surface area contributed by atoms with Gasteiger partial charge in [0.25, 0.3) is 0 Å². The summed E-state index contributed by atoms with van der Waals surface area (Å²) in [5.41, 5.74) is 12.6. The first-order chi connectivity index (χ1) is 31.2. The second-order valence-corrected chi connectivity index (χ2v) is 17.1. The molecular formula is C57H34N4OS. The minimum Gasteiger partial charge on any atom is -0.456 e. The first kappa shape index (κ1) is 35.6. The molecule has 0 aliphatic rings. The molecule has 0 N–H and O–H groups in total. The van der Waals surface area contributed by atoms with E-state index in [4.69, 9.17) is 19.4 Å². The van der Waals surface area contributed by atoms with E-state index in [9.17, 15) is 0 Å². The monoisotopic (exact) mass is 822 g/mol. The number of thiophene rings is 1. The molecule has 13 aromatic rings. The molecule has 0 saturated heterocycles. The Bertz CT molecular complexity index is 3910. The van der Waals surface area contributed by atoms with Gasteiger partial charge < -0.3 is 8.98 Å². The lowest BCUT2D eigenvalue weighted by molar-refractivity contribution is 0.669. The molecule has 0 atom stereocenters. The van der Waals surface area contributed by atoms with Crippen molar-refractivity contribution in [1.29, 1.82) is 0 Å². The second kappa shape index (κ2) is 14.2. The van der Waals surface area contributed by atoms with E-state index < -0.39 is 0 Å². The molecule has 4 aromatic heterocycles. The van der Waals surface area contributed by atoms with Crippen LogP contribution in [0.1, 0.15) is 0 Å². The molecule has 0 amide bonds. The van der Waals surface area contributed by atoms with E-state index in [0.29, 0.717) is 17.5 Å². The minimum atomic E-state index is 0.592. The maximum absolute atomic E-state index is 6.53. The van der Waals surface area contributed by atoms with Gasteiger partial charge in [-0.25, -0.2) is 15.0 Å². The number of hydrogen-bond donors (Lipinski definition) is 0. The summed E-state index contributed by atoms with van der Waals surface area (Å²) in [5, 5.41) is 6.93. The van der Waals surface area contributed by atoms with E-state index >= 15 is 0 Å². The number of fused-ring (bicyclic) bond motifs is 9. The maximum Gasteiger partial charge on any atom is 0.164 e. The third-order valence-corrected chi connectivity index (χ3v) is 13.4. The van der Waals surface area contributed by atoms with E-state index in [2.05, 4.69) is 187 Å². The number of rotatable bonds is 6. The van der Waals surface area contributed by atoms with Crippen molar-refractivity contribution in [2.75, 3.05) is 0 Å². The van der Waals surface area contributed by atoms with Crippen LogP contribution in [0.3, 0.4) is 0 Å². The van der Waals surface area contributed by atoms with E-state index in [0.717, 1.165) is 60.8 Å². The molecule has 0 saturated carbocycles. The van der Waals surface area contributed by atoms with Crippen molar-refractivity contribution in [3.05, 3.63) is 206 Å². The molecule has 0 radical (unpaired) electrons. The van der Waals surface area contributed by atoms with Gasteiger partial charge in [-0.15, -0.1) is 11.3 Å².